The molecule has 1 amide bonds. The van der Waals surface area contributed by atoms with Crippen molar-refractivity contribution < 1.29 is 13.2 Å². The van der Waals surface area contributed by atoms with Crippen LogP contribution in [0.25, 0.3) is 10.9 Å². The molecule has 2 atom stereocenters. The van der Waals surface area contributed by atoms with E-state index in [1.165, 1.54) is 11.1 Å². The Kier molecular flexibility index (Phi) is 3.49. The Balaban J connectivity index is 1.70. The summed E-state index contributed by atoms with van der Waals surface area (Å²) in [5, 5.41) is 0.689. The topological polar surface area (TPSA) is 70.2 Å². The van der Waals surface area contributed by atoms with Crippen LogP contribution in [-0.4, -0.2) is 47.8 Å². The molecule has 24 heavy (non-hydrogen) atoms. The maximum atomic E-state index is 13.0. The third-order valence-electron chi connectivity index (χ3n) is 5.73. The highest BCUT2D eigenvalue weighted by Crippen LogP contribution is 2.34. The number of hydrogen-bond donors (Lipinski definition) is 1. The average molecular weight is 346 g/mol. The van der Waals surface area contributed by atoms with E-state index in [-0.39, 0.29) is 23.0 Å². The van der Waals surface area contributed by atoms with Crippen LogP contribution >= 0.6 is 0 Å². The molecule has 4 rings (SSSR count). The second-order valence-electron chi connectivity index (χ2n) is 7.05. The van der Waals surface area contributed by atoms with Crippen molar-refractivity contribution in [3.05, 3.63) is 35.0 Å². The number of aromatic amines is 1. The van der Waals surface area contributed by atoms with Gasteiger partial charge in [-0.2, -0.15) is 0 Å². The number of nitrogens with one attached hydrogen (secondary N) is 1. The van der Waals surface area contributed by atoms with Gasteiger partial charge in [0.2, 0.25) is 0 Å². The van der Waals surface area contributed by atoms with Gasteiger partial charge in [0.1, 0.15) is 5.69 Å². The summed E-state index contributed by atoms with van der Waals surface area (Å²) in [6.07, 6.45) is 2.35. The molecule has 1 aromatic carbocycles. The Labute approximate surface area is 142 Å². The number of aromatic nitrogens is 1. The SMILES string of the molecule is Cc1ccc2[nH]c(C(=O)N3CCS(=O)(=O)C4CCCC43)cc2c1C. The fourth-order valence-corrected chi connectivity index (χ4v) is 6.25. The molecule has 1 saturated heterocycles. The number of H-pyrrole nitrogens is 1. The normalized spacial score (nSPS) is 25.8. The summed E-state index contributed by atoms with van der Waals surface area (Å²) in [7, 11) is -3.05. The van der Waals surface area contributed by atoms with Gasteiger partial charge in [0.05, 0.1) is 11.0 Å². The van der Waals surface area contributed by atoms with Crippen LogP contribution < -0.4 is 0 Å². The van der Waals surface area contributed by atoms with Crippen molar-refractivity contribution in [2.75, 3.05) is 12.3 Å². The van der Waals surface area contributed by atoms with Crippen LogP contribution in [0.5, 0.6) is 0 Å². The predicted molar refractivity (Wildman–Crippen MR) is 94.0 cm³/mol. The number of fused-ring (bicyclic) bond motifs is 2. The molecule has 2 aliphatic rings. The van der Waals surface area contributed by atoms with Gasteiger partial charge in [-0.3, -0.25) is 4.79 Å². The van der Waals surface area contributed by atoms with Gasteiger partial charge in [0.25, 0.3) is 5.91 Å². The van der Waals surface area contributed by atoms with Crippen LogP contribution in [0, 0.1) is 13.8 Å². The molecule has 1 aliphatic heterocycles. The highest BCUT2D eigenvalue weighted by Gasteiger charge is 2.46. The summed E-state index contributed by atoms with van der Waals surface area (Å²) in [6, 6.07) is 5.79. The highest BCUT2D eigenvalue weighted by molar-refractivity contribution is 7.92. The summed E-state index contributed by atoms with van der Waals surface area (Å²) >= 11 is 0. The molecule has 2 heterocycles. The quantitative estimate of drug-likeness (QED) is 0.863. The average Bonchev–Trinajstić information content (AvgIpc) is 3.18. The van der Waals surface area contributed by atoms with Gasteiger partial charge >= 0.3 is 0 Å². The van der Waals surface area contributed by atoms with Crippen molar-refractivity contribution in [2.45, 2.75) is 44.4 Å². The van der Waals surface area contributed by atoms with Gasteiger partial charge in [-0.1, -0.05) is 6.07 Å². The maximum Gasteiger partial charge on any atom is 0.270 e. The predicted octanol–water partition coefficient (Wildman–Crippen LogP) is 2.58. The molecule has 128 valence electrons. The lowest BCUT2D eigenvalue weighted by molar-refractivity contribution is 0.0682. The van der Waals surface area contributed by atoms with E-state index in [1.54, 1.807) is 4.90 Å². The van der Waals surface area contributed by atoms with E-state index in [0.29, 0.717) is 18.7 Å². The lowest BCUT2D eigenvalue weighted by Crippen LogP contribution is -2.54. The fourth-order valence-electron chi connectivity index (χ4n) is 4.20. The van der Waals surface area contributed by atoms with E-state index < -0.39 is 9.84 Å². The molecular formula is C18H22N2O3S. The fraction of sp³-hybridized carbons (Fsp3) is 0.500. The molecule has 0 spiro atoms. The van der Waals surface area contributed by atoms with Crippen LogP contribution in [0.1, 0.15) is 40.9 Å². The zero-order valence-corrected chi connectivity index (χ0v) is 14.8. The minimum absolute atomic E-state index is 0.0740. The molecule has 1 N–H and O–H groups in total. The van der Waals surface area contributed by atoms with E-state index in [4.69, 9.17) is 0 Å². The van der Waals surface area contributed by atoms with E-state index in [0.717, 1.165) is 23.7 Å². The number of carbonyl (C=O) groups excluding carboxylic acids is 1. The van der Waals surface area contributed by atoms with Crippen molar-refractivity contribution in [1.82, 2.24) is 9.88 Å². The zero-order chi connectivity index (χ0) is 17.1. The molecule has 1 saturated carbocycles. The number of amides is 1. The van der Waals surface area contributed by atoms with Crippen molar-refractivity contribution >= 4 is 26.6 Å². The Morgan fingerprint density at radius 2 is 2.04 bits per heavy atom. The molecule has 6 heteroatoms. The molecular weight excluding hydrogens is 324 g/mol. The van der Waals surface area contributed by atoms with Gasteiger partial charge in [-0.15, -0.1) is 0 Å². The monoisotopic (exact) mass is 346 g/mol. The van der Waals surface area contributed by atoms with Crippen molar-refractivity contribution in [2.24, 2.45) is 0 Å². The smallest absolute Gasteiger partial charge is 0.270 e. The number of carbonyl (C=O) groups is 1. The number of nitrogens with zero attached hydrogens (tertiary/aromatic N) is 1. The second-order valence-corrected chi connectivity index (χ2v) is 9.39. The molecule has 0 bridgehead atoms. The van der Waals surface area contributed by atoms with Gasteiger partial charge < -0.3 is 9.88 Å². The standard InChI is InChI=1S/C18H22N2O3S/c1-11-6-7-14-13(12(11)2)10-15(19-14)18(21)20-8-9-24(22,23)17-5-3-4-16(17)20/h6-7,10,16-17,19H,3-5,8-9H2,1-2H3. The number of aryl methyl sites for hydroxylation is 2. The zero-order valence-electron chi connectivity index (χ0n) is 14.0. The van der Waals surface area contributed by atoms with E-state index in [1.807, 2.05) is 18.2 Å². The summed E-state index contributed by atoms with van der Waals surface area (Å²) in [4.78, 5) is 18.0. The van der Waals surface area contributed by atoms with Crippen LogP contribution in [0.3, 0.4) is 0 Å². The lowest BCUT2D eigenvalue weighted by atomic mass is 10.1. The summed E-state index contributed by atoms with van der Waals surface area (Å²) < 4.78 is 24.5. The maximum absolute atomic E-state index is 13.0. The largest absolute Gasteiger partial charge is 0.351 e. The summed E-state index contributed by atoms with van der Waals surface area (Å²) in [5.41, 5.74) is 3.88. The summed E-state index contributed by atoms with van der Waals surface area (Å²) in [6.45, 7) is 4.41. The first-order chi connectivity index (χ1) is 11.4. The third kappa shape index (κ3) is 2.27. The first kappa shape index (κ1) is 15.7. The first-order valence-corrected chi connectivity index (χ1v) is 10.2. The molecule has 1 aliphatic carbocycles. The van der Waals surface area contributed by atoms with Crippen LogP contribution in [0.15, 0.2) is 18.2 Å². The number of rotatable bonds is 1. The molecule has 2 fully saturated rings. The molecule has 2 unspecified atom stereocenters. The Morgan fingerprint density at radius 3 is 2.83 bits per heavy atom. The first-order valence-electron chi connectivity index (χ1n) is 8.50. The van der Waals surface area contributed by atoms with E-state index in [9.17, 15) is 13.2 Å². The Morgan fingerprint density at radius 1 is 1.25 bits per heavy atom. The van der Waals surface area contributed by atoms with Gasteiger partial charge in [-0.05, 0) is 56.4 Å². The molecule has 5 nitrogen and oxygen atoms in total. The van der Waals surface area contributed by atoms with Crippen molar-refractivity contribution in [3.8, 4) is 0 Å². The van der Waals surface area contributed by atoms with Gasteiger partial charge in [-0.25, -0.2) is 8.42 Å². The van der Waals surface area contributed by atoms with Crippen LogP contribution in [-0.2, 0) is 9.84 Å². The third-order valence-corrected chi connectivity index (χ3v) is 7.95. The lowest BCUT2D eigenvalue weighted by Gasteiger charge is -2.37. The number of benzene rings is 1. The Bertz CT molecular complexity index is 929. The van der Waals surface area contributed by atoms with Crippen LogP contribution in [0.4, 0.5) is 0 Å². The van der Waals surface area contributed by atoms with Crippen molar-refractivity contribution in [3.63, 3.8) is 0 Å². The molecule has 2 aromatic rings. The van der Waals surface area contributed by atoms with Crippen molar-refractivity contribution in [1.29, 1.82) is 0 Å². The number of sulfone groups is 1. The van der Waals surface area contributed by atoms with Crippen LogP contribution in [0.2, 0.25) is 0 Å². The molecule has 1 aromatic heterocycles. The Hall–Kier alpha value is -1.82. The van der Waals surface area contributed by atoms with E-state index in [2.05, 4.69) is 18.8 Å². The highest BCUT2D eigenvalue weighted by atomic mass is 32.2. The number of hydrogen-bond acceptors (Lipinski definition) is 3. The van der Waals surface area contributed by atoms with Gasteiger partial charge in [0.15, 0.2) is 9.84 Å². The van der Waals surface area contributed by atoms with E-state index >= 15 is 0 Å². The minimum atomic E-state index is -3.05. The second kappa shape index (κ2) is 5.34. The summed E-state index contributed by atoms with van der Waals surface area (Å²) in [5.74, 6) is 0.00759. The molecule has 0 radical (unpaired) electrons. The minimum Gasteiger partial charge on any atom is -0.351 e. The van der Waals surface area contributed by atoms with Gasteiger partial charge in [0, 0.05) is 23.5 Å².